The second-order valence-corrected chi connectivity index (χ2v) is 17.0. The molecule has 2 amide bonds. The fraction of sp³-hybridized carbons (Fsp3) is 0.216. The molecule has 0 aromatic heterocycles. The first-order valence-electron chi connectivity index (χ1n) is 20.8. The van der Waals surface area contributed by atoms with E-state index >= 15 is 0 Å². The zero-order valence-electron chi connectivity index (χ0n) is 34.3. The standard InChI is InChI=1S/C51H42Cl2N4O6/c1-56-45-24-37-25-46(49(58)55-43(51(60)61)23-30-6-11-33(12-7-30)34-13-8-31(27-54)9-14-34)57(44-21-17-35-4-2-3-5-40(35)44)28-38(37)26-47(45)63-48(50(56)59)36-15-18-39(19-16-36)62-29-32-10-20-41(52)42(53)22-32/h2-16,18-20,22,24,26,43-44,46,48H,17,21,23,25,28-29H2,1H3,(H,55,58)(H,60,61)/t43-,44?,46?,48-/m0/s1. The van der Waals surface area contributed by atoms with Gasteiger partial charge in [0.1, 0.15) is 24.1 Å². The molecule has 2 unspecified atom stereocenters. The number of benzene rings is 6. The number of ether oxygens (including phenoxy) is 2. The van der Waals surface area contributed by atoms with Gasteiger partial charge in [0.05, 0.1) is 33.4 Å². The van der Waals surface area contributed by atoms with Crippen molar-refractivity contribution in [2.24, 2.45) is 0 Å². The minimum Gasteiger partial charge on any atom is -0.489 e. The zero-order valence-corrected chi connectivity index (χ0v) is 35.8. The average Bonchev–Trinajstić information content (AvgIpc) is 3.74. The Morgan fingerprint density at radius 2 is 1.59 bits per heavy atom. The molecule has 12 heteroatoms. The summed E-state index contributed by atoms with van der Waals surface area (Å²) in [5, 5.41) is 23.4. The van der Waals surface area contributed by atoms with Gasteiger partial charge < -0.3 is 24.8 Å². The molecule has 1 aliphatic carbocycles. The van der Waals surface area contributed by atoms with Crippen molar-refractivity contribution in [1.29, 1.82) is 5.26 Å². The Morgan fingerprint density at radius 3 is 2.30 bits per heavy atom. The summed E-state index contributed by atoms with van der Waals surface area (Å²) >= 11 is 12.2. The van der Waals surface area contributed by atoms with Crippen LogP contribution in [0.15, 0.2) is 127 Å². The number of hydrogen-bond acceptors (Lipinski definition) is 7. The van der Waals surface area contributed by atoms with E-state index in [0.29, 0.717) is 57.9 Å². The summed E-state index contributed by atoms with van der Waals surface area (Å²) < 4.78 is 12.5. The second kappa shape index (κ2) is 17.6. The Balaban J connectivity index is 0.945. The van der Waals surface area contributed by atoms with E-state index in [1.807, 2.05) is 78.9 Å². The summed E-state index contributed by atoms with van der Waals surface area (Å²) in [5.74, 6) is -0.552. The van der Waals surface area contributed by atoms with Crippen LogP contribution in [0.25, 0.3) is 11.1 Å². The first-order chi connectivity index (χ1) is 30.5. The summed E-state index contributed by atoms with van der Waals surface area (Å²) in [7, 11) is 1.72. The van der Waals surface area contributed by atoms with Crippen molar-refractivity contribution < 1.29 is 29.0 Å². The Labute approximate surface area is 375 Å². The van der Waals surface area contributed by atoms with Gasteiger partial charge in [-0.15, -0.1) is 0 Å². The van der Waals surface area contributed by atoms with Crippen LogP contribution >= 0.6 is 23.2 Å². The van der Waals surface area contributed by atoms with E-state index in [-0.39, 0.29) is 24.3 Å². The SMILES string of the molecule is CN1C(=O)[C@H](c2ccc(OCc3ccc(Cl)c(Cl)c3)cc2)Oc2cc3c(cc21)CC(C(=O)N[C@@H](Cc1ccc(-c2ccc(C#N)cc2)cc1)C(=O)O)N(C1CCc2ccccc21)C3. The van der Waals surface area contributed by atoms with Crippen LogP contribution < -0.4 is 19.7 Å². The summed E-state index contributed by atoms with van der Waals surface area (Å²) in [4.78, 5) is 44.9. The number of hydrogen-bond donors (Lipinski definition) is 2. The molecule has 4 atom stereocenters. The molecule has 0 saturated carbocycles. The Kier molecular flexibility index (Phi) is 11.7. The molecule has 3 aliphatic rings. The van der Waals surface area contributed by atoms with Crippen molar-refractivity contribution in [3.05, 3.63) is 182 Å². The van der Waals surface area contributed by atoms with Crippen LogP contribution in [0, 0.1) is 11.3 Å². The number of carbonyl (C=O) groups is 3. The molecule has 6 aromatic carbocycles. The van der Waals surface area contributed by atoms with Crippen LogP contribution in [-0.4, -0.2) is 46.9 Å². The smallest absolute Gasteiger partial charge is 0.326 e. The molecule has 316 valence electrons. The maximum atomic E-state index is 14.5. The molecule has 2 aliphatic heterocycles. The molecule has 0 spiro atoms. The van der Waals surface area contributed by atoms with Gasteiger partial charge in [-0.1, -0.05) is 102 Å². The number of fused-ring (bicyclic) bond motifs is 3. The normalized spacial score (nSPS) is 18.3. The van der Waals surface area contributed by atoms with Gasteiger partial charge in [-0.3, -0.25) is 14.5 Å². The van der Waals surface area contributed by atoms with E-state index in [0.717, 1.165) is 46.2 Å². The van der Waals surface area contributed by atoms with Crippen molar-refractivity contribution >= 4 is 46.7 Å². The number of nitrogens with one attached hydrogen (secondary N) is 1. The molecular weight excluding hydrogens is 835 g/mol. The molecule has 0 radical (unpaired) electrons. The molecule has 0 bridgehead atoms. The maximum Gasteiger partial charge on any atom is 0.326 e. The van der Waals surface area contributed by atoms with Gasteiger partial charge in [-0.25, -0.2) is 4.79 Å². The van der Waals surface area contributed by atoms with E-state index in [2.05, 4.69) is 28.4 Å². The monoisotopic (exact) mass is 876 g/mol. The number of nitriles is 1. The number of carboxylic acids is 1. The number of aryl methyl sites for hydroxylation is 1. The number of carboxylic acid groups (broad SMARTS) is 1. The van der Waals surface area contributed by atoms with Crippen molar-refractivity contribution in [3.8, 4) is 28.7 Å². The number of aliphatic carboxylic acids is 1. The van der Waals surface area contributed by atoms with Gasteiger partial charge in [-0.2, -0.15) is 5.26 Å². The lowest BCUT2D eigenvalue weighted by atomic mass is 9.89. The van der Waals surface area contributed by atoms with Gasteiger partial charge in [0.15, 0.2) is 0 Å². The van der Waals surface area contributed by atoms with Gasteiger partial charge in [0, 0.05) is 31.6 Å². The van der Waals surface area contributed by atoms with E-state index in [1.165, 1.54) is 11.1 Å². The van der Waals surface area contributed by atoms with Gasteiger partial charge in [0.2, 0.25) is 12.0 Å². The molecule has 63 heavy (non-hydrogen) atoms. The highest BCUT2D eigenvalue weighted by molar-refractivity contribution is 6.42. The number of amides is 2. The molecule has 6 aromatic rings. The number of anilines is 1. The molecular formula is C51H42Cl2N4O6. The van der Waals surface area contributed by atoms with E-state index in [9.17, 15) is 19.5 Å². The van der Waals surface area contributed by atoms with Crippen molar-refractivity contribution in [1.82, 2.24) is 10.2 Å². The van der Waals surface area contributed by atoms with Crippen LogP contribution in [0.2, 0.25) is 10.0 Å². The fourth-order valence-electron chi connectivity index (χ4n) is 8.92. The lowest BCUT2D eigenvalue weighted by Crippen LogP contribution is -2.55. The van der Waals surface area contributed by atoms with Crippen molar-refractivity contribution in [2.75, 3.05) is 11.9 Å². The molecule has 0 fully saturated rings. The van der Waals surface area contributed by atoms with E-state index in [4.69, 9.17) is 37.9 Å². The summed E-state index contributed by atoms with van der Waals surface area (Å²) in [6.07, 6.45) is 1.21. The third-order valence-electron chi connectivity index (χ3n) is 12.3. The molecule has 9 rings (SSSR count). The minimum absolute atomic E-state index is 0.0606. The number of halogens is 2. The lowest BCUT2D eigenvalue weighted by Gasteiger charge is -2.41. The van der Waals surface area contributed by atoms with Gasteiger partial charge in [0.25, 0.3) is 5.91 Å². The predicted octanol–water partition coefficient (Wildman–Crippen LogP) is 9.43. The summed E-state index contributed by atoms with van der Waals surface area (Å²) in [5.41, 5.74) is 9.62. The minimum atomic E-state index is -1.17. The van der Waals surface area contributed by atoms with Gasteiger partial charge in [-0.05, 0) is 112 Å². The largest absolute Gasteiger partial charge is 0.489 e. The number of carbonyl (C=O) groups excluding carboxylic acids is 2. The highest BCUT2D eigenvalue weighted by atomic mass is 35.5. The average molecular weight is 878 g/mol. The highest BCUT2D eigenvalue weighted by Gasteiger charge is 2.42. The first kappa shape index (κ1) is 41.7. The van der Waals surface area contributed by atoms with Crippen LogP contribution in [-0.2, 0) is 46.8 Å². The Hall–Kier alpha value is -6.64. The van der Waals surface area contributed by atoms with Gasteiger partial charge >= 0.3 is 5.97 Å². The van der Waals surface area contributed by atoms with Crippen LogP contribution in [0.1, 0.15) is 63.1 Å². The second-order valence-electron chi connectivity index (χ2n) is 16.2. The number of nitrogens with zero attached hydrogens (tertiary/aromatic N) is 3. The van der Waals surface area contributed by atoms with Crippen LogP contribution in [0.5, 0.6) is 11.5 Å². The lowest BCUT2D eigenvalue weighted by molar-refractivity contribution is -0.143. The predicted molar refractivity (Wildman–Crippen MR) is 241 cm³/mol. The maximum absolute atomic E-state index is 14.5. The summed E-state index contributed by atoms with van der Waals surface area (Å²) in [6, 6.07) is 39.8. The quantitative estimate of drug-likeness (QED) is 0.132. The third-order valence-corrected chi connectivity index (χ3v) is 13.1. The first-order valence-corrected chi connectivity index (χ1v) is 21.5. The Bertz CT molecular complexity index is 2770. The van der Waals surface area contributed by atoms with E-state index in [1.54, 1.807) is 48.3 Å². The third kappa shape index (κ3) is 8.60. The number of likely N-dealkylation sites (N-methyl/N-ethyl adjacent to an activating group) is 1. The van der Waals surface area contributed by atoms with Crippen molar-refractivity contribution in [2.45, 2.75) is 63.1 Å². The van der Waals surface area contributed by atoms with Crippen LogP contribution in [0.4, 0.5) is 5.69 Å². The van der Waals surface area contributed by atoms with Crippen molar-refractivity contribution in [3.63, 3.8) is 0 Å². The molecule has 0 saturated heterocycles. The number of rotatable bonds is 11. The molecule has 10 nitrogen and oxygen atoms in total. The topological polar surface area (TPSA) is 132 Å². The fourth-order valence-corrected chi connectivity index (χ4v) is 9.24. The Morgan fingerprint density at radius 1 is 0.873 bits per heavy atom. The van der Waals surface area contributed by atoms with E-state index < -0.39 is 24.2 Å². The molecule has 2 N–H and O–H groups in total. The van der Waals surface area contributed by atoms with Crippen LogP contribution in [0.3, 0.4) is 0 Å². The zero-order chi connectivity index (χ0) is 43.8. The molecule has 2 heterocycles. The summed E-state index contributed by atoms with van der Waals surface area (Å²) in [6.45, 7) is 0.713. The highest BCUT2D eigenvalue weighted by Crippen LogP contribution is 2.45.